The highest BCUT2D eigenvalue weighted by Crippen LogP contribution is 2.39. The summed E-state index contributed by atoms with van der Waals surface area (Å²) in [5, 5.41) is 0.574. The van der Waals surface area contributed by atoms with E-state index >= 15 is 0 Å². The number of carbonyl (C=O) groups excluding carboxylic acids is 3. The van der Waals surface area contributed by atoms with Crippen molar-refractivity contribution < 1.29 is 19.1 Å². The number of nitrogens with zero attached hydrogens (tertiary/aromatic N) is 3. The van der Waals surface area contributed by atoms with E-state index in [1.165, 1.54) is 0 Å². The molecule has 7 nitrogen and oxygen atoms in total. The molecule has 0 unspecified atom stereocenters. The number of hydrogen-bond acceptors (Lipinski definition) is 5. The number of benzene rings is 2. The highest BCUT2D eigenvalue weighted by atomic mass is 35.5. The fraction of sp³-hybridized carbons (Fsp3) is 0.375. The van der Waals surface area contributed by atoms with Crippen LogP contribution in [-0.2, 0) is 16.1 Å². The summed E-state index contributed by atoms with van der Waals surface area (Å²) >= 11 is 7.56. The topological polar surface area (TPSA) is 70.2 Å². The Morgan fingerprint density at radius 3 is 2.27 bits per heavy atom. The highest BCUT2D eigenvalue weighted by Gasteiger charge is 2.33. The zero-order chi connectivity index (χ0) is 23.4. The van der Waals surface area contributed by atoms with E-state index in [1.54, 1.807) is 28.5 Å². The van der Waals surface area contributed by atoms with Crippen LogP contribution in [0.1, 0.15) is 33.8 Å². The molecule has 2 fully saturated rings. The Kier molecular flexibility index (Phi) is 7.45. The Labute approximate surface area is 202 Å². The van der Waals surface area contributed by atoms with Crippen molar-refractivity contribution in [2.45, 2.75) is 18.8 Å². The van der Waals surface area contributed by atoms with Crippen molar-refractivity contribution in [3.63, 3.8) is 0 Å². The van der Waals surface area contributed by atoms with Crippen LogP contribution < -0.4 is 0 Å². The first-order chi connectivity index (χ1) is 16.0. The second-order valence-electron chi connectivity index (χ2n) is 7.91. The molecule has 0 spiro atoms. The summed E-state index contributed by atoms with van der Waals surface area (Å²) in [6.07, 6.45) is -0.333. The van der Waals surface area contributed by atoms with E-state index in [0.717, 1.165) is 11.1 Å². The normalized spacial score (nSPS) is 18.5. The van der Waals surface area contributed by atoms with Gasteiger partial charge in [0, 0.05) is 43.3 Å². The fourth-order valence-corrected chi connectivity index (χ4v) is 5.28. The molecule has 33 heavy (non-hydrogen) atoms. The van der Waals surface area contributed by atoms with Crippen molar-refractivity contribution in [2.24, 2.45) is 0 Å². The molecule has 0 saturated carbocycles. The van der Waals surface area contributed by atoms with Crippen LogP contribution in [0.5, 0.6) is 0 Å². The Morgan fingerprint density at radius 2 is 1.64 bits per heavy atom. The number of amides is 3. The third kappa shape index (κ3) is 5.45. The molecular weight excluding hydrogens is 462 g/mol. The van der Waals surface area contributed by atoms with Gasteiger partial charge in [-0.2, -0.15) is 0 Å². The lowest BCUT2D eigenvalue weighted by molar-refractivity contribution is -0.128. The molecule has 0 radical (unpaired) electrons. The van der Waals surface area contributed by atoms with E-state index in [1.807, 2.05) is 53.4 Å². The van der Waals surface area contributed by atoms with E-state index in [4.69, 9.17) is 16.3 Å². The Balaban J connectivity index is 1.39. The van der Waals surface area contributed by atoms with Gasteiger partial charge in [0.25, 0.3) is 5.91 Å². The van der Waals surface area contributed by atoms with Crippen LogP contribution in [0.4, 0.5) is 4.79 Å². The first kappa shape index (κ1) is 23.4. The van der Waals surface area contributed by atoms with Crippen LogP contribution in [-0.4, -0.2) is 71.1 Å². The molecule has 1 atom stereocenters. The van der Waals surface area contributed by atoms with Crippen LogP contribution in [0, 0.1) is 0 Å². The molecule has 2 aromatic rings. The standard InChI is InChI=1S/C24H26ClN3O4S/c1-2-32-24(31)27-13-11-26(12-14-27)22(30)18-5-7-19(8-6-18)23-28(21(29)16-33-23)15-17-3-9-20(25)10-4-17/h3-10,23H,2,11-16H2,1H3/t23-/m1/s1. The van der Waals surface area contributed by atoms with Gasteiger partial charge >= 0.3 is 6.09 Å². The lowest BCUT2D eigenvalue weighted by atomic mass is 10.1. The molecule has 9 heteroatoms. The largest absolute Gasteiger partial charge is 0.450 e. The monoisotopic (exact) mass is 487 g/mol. The van der Waals surface area contributed by atoms with Crippen LogP contribution in [0.25, 0.3) is 0 Å². The van der Waals surface area contributed by atoms with Crippen molar-refractivity contribution >= 4 is 41.3 Å². The number of hydrogen-bond donors (Lipinski definition) is 0. The molecule has 0 bridgehead atoms. The molecule has 0 aromatic heterocycles. The van der Waals surface area contributed by atoms with E-state index in [9.17, 15) is 14.4 Å². The van der Waals surface area contributed by atoms with E-state index in [-0.39, 0.29) is 23.3 Å². The highest BCUT2D eigenvalue weighted by molar-refractivity contribution is 8.00. The van der Waals surface area contributed by atoms with Gasteiger partial charge in [0.15, 0.2) is 0 Å². The predicted molar refractivity (Wildman–Crippen MR) is 128 cm³/mol. The fourth-order valence-electron chi connectivity index (χ4n) is 3.97. The van der Waals surface area contributed by atoms with Crippen molar-refractivity contribution in [3.05, 3.63) is 70.2 Å². The Hall–Kier alpha value is -2.71. The summed E-state index contributed by atoms with van der Waals surface area (Å²) in [6.45, 7) is 4.50. The molecule has 0 aliphatic carbocycles. The Bertz CT molecular complexity index is 1010. The molecular formula is C24H26ClN3O4S. The third-order valence-electron chi connectivity index (χ3n) is 5.77. The molecule has 3 amide bonds. The van der Waals surface area contributed by atoms with E-state index in [2.05, 4.69) is 0 Å². The van der Waals surface area contributed by atoms with Crippen molar-refractivity contribution in [3.8, 4) is 0 Å². The van der Waals surface area contributed by atoms with Gasteiger partial charge < -0.3 is 19.4 Å². The number of halogens is 1. The molecule has 0 N–H and O–H groups in total. The number of ether oxygens (including phenoxy) is 1. The van der Waals surface area contributed by atoms with E-state index in [0.29, 0.717) is 55.7 Å². The third-order valence-corrected chi connectivity index (χ3v) is 7.28. The van der Waals surface area contributed by atoms with Gasteiger partial charge in [-0.15, -0.1) is 11.8 Å². The molecule has 4 rings (SSSR count). The summed E-state index contributed by atoms with van der Waals surface area (Å²) in [5.41, 5.74) is 2.61. The summed E-state index contributed by atoms with van der Waals surface area (Å²) in [7, 11) is 0. The summed E-state index contributed by atoms with van der Waals surface area (Å²) in [4.78, 5) is 42.5. The zero-order valence-electron chi connectivity index (χ0n) is 18.4. The lowest BCUT2D eigenvalue weighted by Crippen LogP contribution is -2.50. The number of thioether (sulfide) groups is 1. The molecule has 174 valence electrons. The maximum atomic E-state index is 12.9. The van der Waals surface area contributed by atoms with Crippen LogP contribution in [0.2, 0.25) is 5.02 Å². The van der Waals surface area contributed by atoms with E-state index < -0.39 is 0 Å². The van der Waals surface area contributed by atoms with Gasteiger partial charge in [-0.1, -0.05) is 35.9 Å². The minimum atomic E-state index is -0.333. The predicted octanol–water partition coefficient (Wildman–Crippen LogP) is 4.03. The second-order valence-corrected chi connectivity index (χ2v) is 9.42. The number of carbonyl (C=O) groups is 3. The van der Waals surface area contributed by atoms with Crippen molar-refractivity contribution in [2.75, 3.05) is 38.5 Å². The molecule has 2 aliphatic rings. The summed E-state index contributed by atoms with van der Waals surface area (Å²) in [5.74, 6) is 0.474. The lowest BCUT2D eigenvalue weighted by Gasteiger charge is -2.34. The zero-order valence-corrected chi connectivity index (χ0v) is 20.0. The quantitative estimate of drug-likeness (QED) is 0.637. The Morgan fingerprint density at radius 1 is 1.00 bits per heavy atom. The average Bonchev–Trinajstić information content (AvgIpc) is 3.20. The first-order valence-corrected chi connectivity index (χ1v) is 12.4. The van der Waals surface area contributed by atoms with Crippen LogP contribution >= 0.6 is 23.4 Å². The van der Waals surface area contributed by atoms with Gasteiger partial charge in [-0.25, -0.2) is 4.79 Å². The minimum Gasteiger partial charge on any atom is -0.450 e. The maximum Gasteiger partial charge on any atom is 0.409 e. The van der Waals surface area contributed by atoms with Crippen LogP contribution in [0.15, 0.2) is 48.5 Å². The molecule has 2 aliphatic heterocycles. The van der Waals surface area contributed by atoms with Gasteiger partial charge in [-0.3, -0.25) is 9.59 Å². The van der Waals surface area contributed by atoms with Crippen molar-refractivity contribution in [1.29, 1.82) is 0 Å². The maximum absolute atomic E-state index is 12.9. The van der Waals surface area contributed by atoms with Gasteiger partial charge in [0.05, 0.1) is 12.4 Å². The smallest absolute Gasteiger partial charge is 0.409 e. The second kappa shape index (κ2) is 10.5. The molecule has 2 saturated heterocycles. The first-order valence-electron chi connectivity index (χ1n) is 10.9. The van der Waals surface area contributed by atoms with Crippen molar-refractivity contribution in [1.82, 2.24) is 14.7 Å². The van der Waals surface area contributed by atoms with Gasteiger partial charge in [0.2, 0.25) is 5.91 Å². The number of rotatable bonds is 5. The average molecular weight is 488 g/mol. The number of piperazine rings is 1. The van der Waals surface area contributed by atoms with Gasteiger partial charge in [0.1, 0.15) is 5.37 Å². The SMILES string of the molecule is CCOC(=O)N1CCN(C(=O)c2ccc([C@H]3SCC(=O)N3Cc3ccc(Cl)cc3)cc2)CC1. The van der Waals surface area contributed by atoms with Gasteiger partial charge in [-0.05, 0) is 42.3 Å². The molecule has 2 heterocycles. The summed E-state index contributed by atoms with van der Waals surface area (Å²) < 4.78 is 5.03. The van der Waals surface area contributed by atoms with Crippen LogP contribution in [0.3, 0.4) is 0 Å². The summed E-state index contributed by atoms with van der Waals surface area (Å²) in [6, 6.07) is 15.0. The molecule has 2 aromatic carbocycles. The minimum absolute atomic E-state index is 0.0572.